The van der Waals surface area contributed by atoms with E-state index in [-0.39, 0.29) is 5.91 Å². The highest BCUT2D eigenvalue weighted by Crippen LogP contribution is 2.27. The van der Waals surface area contributed by atoms with E-state index in [2.05, 4.69) is 20.6 Å². The van der Waals surface area contributed by atoms with Crippen LogP contribution >= 0.6 is 11.6 Å². The third-order valence-electron chi connectivity index (χ3n) is 5.23. The molecule has 1 saturated carbocycles. The summed E-state index contributed by atoms with van der Waals surface area (Å²) in [6.07, 6.45) is 6.74. The van der Waals surface area contributed by atoms with E-state index < -0.39 is 0 Å². The van der Waals surface area contributed by atoms with Crippen molar-refractivity contribution in [2.24, 2.45) is 5.92 Å². The maximum atomic E-state index is 12.1. The molecule has 0 radical (unpaired) electrons. The predicted octanol–water partition coefficient (Wildman–Crippen LogP) is 3.91. The van der Waals surface area contributed by atoms with Gasteiger partial charge in [-0.1, -0.05) is 43.0 Å². The van der Waals surface area contributed by atoms with Crippen LogP contribution in [0.15, 0.2) is 36.4 Å². The van der Waals surface area contributed by atoms with Gasteiger partial charge in [-0.2, -0.15) is 4.52 Å². The zero-order chi connectivity index (χ0) is 20.1. The Morgan fingerprint density at radius 2 is 1.97 bits per heavy atom. The van der Waals surface area contributed by atoms with Crippen molar-refractivity contribution in [3.63, 3.8) is 0 Å². The SMILES string of the molecule is O=C(CC1CCCCC1)NCCOc1ccc2nnc(-c3ccccc3Cl)n2n1. The zero-order valence-electron chi connectivity index (χ0n) is 16.2. The second kappa shape index (κ2) is 9.22. The first-order valence-electron chi connectivity index (χ1n) is 10.1. The molecule has 0 spiro atoms. The van der Waals surface area contributed by atoms with Crippen molar-refractivity contribution in [2.75, 3.05) is 13.2 Å². The van der Waals surface area contributed by atoms with Crippen LogP contribution in [0.1, 0.15) is 38.5 Å². The van der Waals surface area contributed by atoms with Crippen molar-refractivity contribution >= 4 is 23.2 Å². The van der Waals surface area contributed by atoms with Crippen molar-refractivity contribution in [2.45, 2.75) is 38.5 Å². The monoisotopic (exact) mass is 413 g/mol. The van der Waals surface area contributed by atoms with E-state index in [1.807, 2.05) is 18.2 Å². The normalized spacial score (nSPS) is 14.8. The summed E-state index contributed by atoms with van der Waals surface area (Å²) in [4.78, 5) is 12.1. The smallest absolute Gasteiger partial charge is 0.231 e. The number of ether oxygens (including phenoxy) is 1. The molecule has 152 valence electrons. The lowest BCUT2D eigenvalue weighted by molar-refractivity contribution is -0.122. The van der Waals surface area contributed by atoms with Gasteiger partial charge in [-0.05, 0) is 37.0 Å². The van der Waals surface area contributed by atoms with Gasteiger partial charge in [0.2, 0.25) is 11.8 Å². The number of fused-ring (bicyclic) bond motifs is 1. The van der Waals surface area contributed by atoms with Crippen LogP contribution in [0.2, 0.25) is 5.02 Å². The molecule has 1 amide bonds. The number of aromatic nitrogens is 4. The maximum Gasteiger partial charge on any atom is 0.231 e. The van der Waals surface area contributed by atoms with E-state index in [1.54, 1.807) is 22.7 Å². The van der Waals surface area contributed by atoms with Gasteiger partial charge in [-0.3, -0.25) is 4.79 Å². The largest absolute Gasteiger partial charge is 0.475 e. The minimum atomic E-state index is 0.101. The topological polar surface area (TPSA) is 81.4 Å². The highest BCUT2D eigenvalue weighted by Gasteiger charge is 2.17. The molecule has 0 unspecified atom stereocenters. The Kier molecular flexibility index (Phi) is 6.24. The van der Waals surface area contributed by atoms with Gasteiger partial charge in [0, 0.05) is 18.1 Å². The summed E-state index contributed by atoms with van der Waals surface area (Å²) in [5, 5.41) is 16.3. The van der Waals surface area contributed by atoms with Crippen molar-refractivity contribution in [3.05, 3.63) is 41.4 Å². The number of hydrogen-bond acceptors (Lipinski definition) is 5. The number of hydrogen-bond donors (Lipinski definition) is 1. The summed E-state index contributed by atoms with van der Waals surface area (Å²) >= 11 is 6.28. The number of nitrogens with zero attached hydrogens (tertiary/aromatic N) is 4. The van der Waals surface area contributed by atoms with Gasteiger partial charge in [0.15, 0.2) is 11.5 Å². The second-order valence-corrected chi connectivity index (χ2v) is 7.76. The Morgan fingerprint density at radius 3 is 2.79 bits per heavy atom. The number of halogens is 1. The Hall–Kier alpha value is -2.67. The average Bonchev–Trinajstić information content (AvgIpc) is 3.15. The van der Waals surface area contributed by atoms with Crippen molar-refractivity contribution in [3.8, 4) is 17.3 Å². The van der Waals surface area contributed by atoms with Gasteiger partial charge in [0.25, 0.3) is 0 Å². The van der Waals surface area contributed by atoms with Gasteiger partial charge in [-0.15, -0.1) is 15.3 Å². The van der Waals surface area contributed by atoms with E-state index in [9.17, 15) is 4.79 Å². The molecule has 8 heteroatoms. The van der Waals surface area contributed by atoms with Crippen LogP contribution in [0, 0.1) is 5.92 Å². The van der Waals surface area contributed by atoms with Gasteiger partial charge >= 0.3 is 0 Å². The zero-order valence-corrected chi connectivity index (χ0v) is 16.9. The van der Waals surface area contributed by atoms with Crippen LogP contribution in [0.5, 0.6) is 5.88 Å². The summed E-state index contributed by atoms with van der Waals surface area (Å²) in [5.74, 6) is 1.62. The average molecular weight is 414 g/mol. The van der Waals surface area contributed by atoms with Gasteiger partial charge in [-0.25, -0.2) is 0 Å². The van der Waals surface area contributed by atoms with Crippen molar-refractivity contribution in [1.29, 1.82) is 0 Å². The second-order valence-electron chi connectivity index (χ2n) is 7.35. The van der Waals surface area contributed by atoms with E-state index in [1.165, 1.54) is 32.1 Å². The Bertz CT molecular complexity index is 984. The maximum absolute atomic E-state index is 12.1. The molecule has 2 heterocycles. The number of carbonyl (C=O) groups is 1. The standard InChI is InChI=1S/C21H24ClN5O2/c22-17-9-5-4-8-16(17)21-25-24-18-10-11-20(26-27(18)21)29-13-12-23-19(28)14-15-6-2-1-3-7-15/h4-5,8-11,15H,1-3,6-7,12-14H2,(H,23,28). The van der Waals surface area contributed by atoms with Crippen molar-refractivity contribution in [1.82, 2.24) is 25.1 Å². The Balaban J connectivity index is 1.33. The van der Waals surface area contributed by atoms with Crippen molar-refractivity contribution < 1.29 is 9.53 Å². The summed E-state index contributed by atoms with van der Waals surface area (Å²) < 4.78 is 7.32. The first kappa shape index (κ1) is 19.6. The molecule has 1 aliphatic carbocycles. The molecule has 1 fully saturated rings. The molecule has 1 aliphatic rings. The fourth-order valence-electron chi connectivity index (χ4n) is 3.73. The molecule has 3 aromatic rings. The fourth-order valence-corrected chi connectivity index (χ4v) is 3.95. The molecule has 29 heavy (non-hydrogen) atoms. The van der Waals surface area contributed by atoms with Crippen LogP contribution < -0.4 is 10.1 Å². The predicted molar refractivity (Wildman–Crippen MR) is 111 cm³/mol. The number of amides is 1. The summed E-state index contributed by atoms with van der Waals surface area (Å²) in [5.41, 5.74) is 1.36. The molecule has 0 aliphatic heterocycles. The molecule has 0 saturated heterocycles. The highest BCUT2D eigenvalue weighted by molar-refractivity contribution is 6.33. The Morgan fingerprint density at radius 1 is 1.14 bits per heavy atom. The van der Waals surface area contributed by atoms with Crippen LogP contribution in [0.3, 0.4) is 0 Å². The van der Waals surface area contributed by atoms with E-state index >= 15 is 0 Å². The van der Waals surface area contributed by atoms with Crippen LogP contribution in [-0.4, -0.2) is 38.9 Å². The van der Waals surface area contributed by atoms with E-state index in [0.29, 0.717) is 47.9 Å². The molecule has 7 nitrogen and oxygen atoms in total. The minimum Gasteiger partial charge on any atom is -0.475 e. The van der Waals surface area contributed by atoms with E-state index in [0.717, 1.165) is 5.56 Å². The number of rotatable bonds is 7. The lowest BCUT2D eigenvalue weighted by Gasteiger charge is -2.20. The number of nitrogens with one attached hydrogen (secondary N) is 1. The third-order valence-corrected chi connectivity index (χ3v) is 5.56. The summed E-state index contributed by atoms with van der Waals surface area (Å²) in [6.45, 7) is 0.795. The van der Waals surface area contributed by atoms with Gasteiger partial charge < -0.3 is 10.1 Å². The lowest BCUT2D eigenvalue weighted by atomic mass is 9.87. The van der Waals surface area contributed by atoms with Crippen LogP contribution in [0.25, 0.3) is 17.0 Å². The first-order valence-corrected chi connectivity index (χ1v) is 10.5. The molecular weight excluding hydrogens is 390 g/mol. The molecule has 0 atom stereocenters. The van der Waals surface area contributed by atoms with E-state index in [4.69, 9.17) is 16.3 Å². The number of carbonyl (C=O) groups excluding carboxylic acids is 1. The quantitative estimate of drug-likeness (QED) is 0.594. The summed E-state index contributed by atoms with van der Waals surface area (Å²) in [6, 6.07) is 10.9. The summed E-state index contributed by atoms with van der Waals surface area (Å²) in [7, 11) is 0. The fraction of sp³-hybridized carbons (Fsp3) is 0.429. The minimum absolute atomic E-state index is 0.101. The van der Waals surface area contributed by atoms with Crippen LogP contribution in [0.4, 0.5) is 0 Å². The first-order chi connectivity index (χ1) is 14.2. The molecule has 2 aromatic heterocycles. The molecule has 0 bridgehead atoms. The Labute approximate surface area is 174 Å². The molecule has 4 rings (SSSR count). The lowest BCUT2D eigenvalue weighted by Crippen LogP contribution is -2.30. The molecular formula is C21H24ClN5O2. The number of benzene rings is 1. The van der Waals surface area contributed by atoms with Gasteiger partial charge in [0.1, 0.15) is 6.61 Å². The van der Waals surface area contributed by atoms with Gasteiger partial charge in [0.05, 0.1) is 11.6 Å². The van der Waals surface area contributed by atoms with Crippen LogP contribution in [-0.2, 0) is 4.79 Å². The molecule has 1 aromatic carbocycles. The third kappa shape index (κ3) is 4.85. The molecule has 1 N–H and O–H groups in total. The highest BCUT2D eigenvalue weighted by atomic mass is 35.5.